The number of fused-ring (bicyclic) bond motifs is 2. The predicted octanol–water partition coefficient (Wildman–Crippen LogP) is 1.53. The number of amides is 1. The van der Waals surface area contributed by atoms with E-state index in [4.69, 9.17) is 4.74 Å². The first kappa shape index (κ1) is 10.6. The van der Waals surface area contributed by atoms with Crippen molar-refractivity contribution in [3.05, 3.63) is 0 Å². The molecule has 3 rings (SSSR count). The van der Waals surface area contributed by atoms with Gasteiger partial charge in [-0.15, -0.1) is 0 Å². The lowest BCUT2D eigenvalue weighted by Crippen LogP contribution is -2.51. The van der Waals surface area contributed by atoms with Crippen molar-refractivity contribution in [2.24, 2.45) is 23.7 Å². The molecule has 2 aliphatic carbocycles. The lowest BCUT2D eigenvalue weighted by molar-refractivity contribution is -0.141. The van der Waals surface area contributed by atoms with Crippen LogP contribution in [0, 0.1) is 23.7 Å². The van der Waals surface area contributed by atoms with Crippen LogP contribution in [0.2, 0.25) is 0 Å². The van der Waals surface area contributed by atoms with Crippen LogP contribution in [0.15, 0.2) is 0 Å². The number of carbonyl (C=O) groups excluding carboxylic acids is 1. The van der Waals surface area contributed by atoms with Crippen molar-refractivity contribution in [3.8, 4) is 0 Å². The zero-order valence-electron chi connectivity index (χ0n) is 10.2. The molecule has 3 heteroatoms. The van der Waals surface area contributed by atoms with Crippen molar-refractivity contribution in [2.75, 3.05) is 20.3 Å². The van der Waals surface area contributed by atoms with E-state index in [-0.39, 0.29) is 12.5 Å². The first-order valence-electron chi connectivity index (χ1n) is 6.49. The lowest BCUT2D eigenvalue weighted by atomic mass is 9.78. The van der Waals surface area contributed by atoms with Gasteiger partial charge in [0.15, 0.2) is 0 Å². The first-order chi connectivity index (χ1) is 7.70. The molecule has 90 valence electrons. The van der Waals surface area contributed by atoms with Gasteiger partial charge < -0.3 is 9.64 Å². The third kappa shape index (κ3) is 1.41. The molecule has 0 aromatic rings. The summed E-state index contributed by atoms with van der Waals surface area (Å²) in [6.07, 6.45) is 4.08. The summed E-state index contributed by atoms with van der Waals surface area (Å²) in [4.78, 5) is 14.2. The van der Waals surface area contributed by atoms with Crippen LogP contribution in [-0.2, 0) is 9.53 Å². The molecule has 0 aromatic carbocycles. The lowest BCUT2D eigenvalue weighted by Gasteiger charge is -2.42. The van der Waals surface area contributed by atoms with Gasteiger partial charge in [0.05, 0.1) is 0 Å². The second-order valence-electron chi connectivity index (χ2n) is 5.92. The maximum Gasteiger partial charge on any atom is 0.248 e. The van der Waals surface area contributed by atoms with E-state index >= 15 is 0 Å². The number of hydrogen-bond acceptors (Lipinski definition) is 2. The molecule has 2 saturated carbocycles. The highest BCUT2D eigenvalue weighted by molar-refractivity contribution is 5.78. The second-order valence-corrected chi connectivity index (χ2v) is 5.92. The molecule has 0 spiro atoms. The van der Waals surface area contributed by atoms with Gasteiger partial charge in [0.2, 0.25) is 5.91 Å². The highest BCUT2D eigenvalue weighted by atomic mass is 16.5. The van der Waals surface area contributed by atoms with Gasteiger partial charge >= 0.3 is 0 Å². The largest absolute Gasteiger partial charge is 0.375 e. The Labute approximate surface area is 97.1 Å². The van der Waals surface area contributed by atoms with Crippen LogP contribution in [0.5, 0.6) is 0 Å². The SMILES string of the molecule is COCC(=O)N1C[C@@H]2C[C@H]3C[C@@H](C2)[C@H](C)C31. The Bertz CT molecular complexity index is 300. The third-order valence-corrected chi connectivity index (χ3v) is 5.05. The van der Waals surface area contributed by atoms with E-state index in [9.17, 15) is 4.79 Å². The monoisotopic (exact) mass is 223 g/mol. The summed E-state index contributed by atoms with van der Waals surface area (Å²) in [5, 5.41) is 0. The summed E-state index contributed by atoms with van der Waals surface area (Å²) in [7, 11) is 1.61. The smallest absolute Gasteiger partial charge is 0.248 e. The normalized spacial score (nSPS) is 45.1. The molecule has 3 aliphatic rings. The minimum atomic E-state index is 0.205. The van der Waals surface area contributed by atoms with Crippen molar-refractivity contribution < 1.29 is 9.53 Å². The predicted molar refractivity (Wildman–Crippen MR) is 60.9 cm³/mol. The number of piperidine rings is 1. The molecule has 5 atom stereocenters. The zero-order valence-corrected chi connectivity index (χ0v) is 10.2. The fourth-order valence-corrected chi connectivity index (χ4v) is 4.51. The minimum absolute atomic E-state index is 0.205. The number of hydrogen-bond donors (Lipinski definition) is 0. The minimum Gasteiger partial charge on any atom is -0.375 e. The van der Waals surface area contributed by atoms with Gasteiger partial charge in [-0.05, 0) is 42.9 Å². The van der Waals surface area contributed by atoms with Crippen LogP contribution in [0.3, 0.4) is 0 Å². The molecule has 1 amide bonds. The van der Waals surface area contributed by atoms with E-state index in [0.29, 0.717) is 12.0 Å². The van der Waals surface area contributed by atoms with E-state index in [1.54, 1.807) is 7.11 Å². The Hall–Kier alpha value is -0.570. The van der Waals surface area contributed by atoms with Gasteiger partial charge in [0, 0.05) is 19.7 Å². The van der Waals surface area contributed by atoms with Gasteiger partial charge in [-0.25, -0.2) is 0 Å². The van der Waals surface area contributed by atoms with Crippen molar-refractivity contribution in [1.29, 1.82) is 0 Å². The molecule has 1 heterocycles. The fourth-order valence-electron chi connectivity index (χ4n) is 4.51. The molecule has 3 nitrogen and oxygen atoms in total. The highest BCUT2D eigenvalue weighted by Gasteiger charge is 2.53. The van der Waals surface area contributed by atoms with Crippen molar-refractivity contribution in [1.82, 2.24) is 4.90 Å². The molecule has 1 aliphatic heterocycles. The third-order valence-electron chi connectivity index (χ3n) is 5.05. The molecular weight excluding hydrogens is 202 g/mol. The second kappa shape index (κ2) is 3.73. The zero-order chi connectivity index (χ0) is 11.3. The maximum absolute atomic E-state index is 12.1. The van der Waals surface area contributed by atoms with E-state index in [1.165, 1.54) is 19.3 Å². The number of carbonyl (C=O) groups is 1. The van der Waals surface area contributed by atoms with E-state index in [0.717, 1.165) is 24.3 Å². The fraction of sp³-hybridized carbons (Fsp3) is 0.923. The van der Waals surface area contributed by atoms with Gasteiger partial charge in [-0.1, -0.05) is 6.92 Å². The maximum atomic E-state index is 12.1. The van der Waals surface area contributed by atoms with Crippen molar-refractivity contribution in [2.45, 2.75) is 32.2 Å². The Morgan fingerprint density at radius 3 is 2.81 bits per heavy atom. The summed E-state index contributed by atoms with van der Waals surface area (Å²) < 4.78 is 5.00. The first-order valence-corrected chi connectivity index (χ1v) is 6.49. The Balaban J connectivity index is 1.83. The van der Waals surface area contributed by atoms with Gasteiger partial charge in [0.1, 0.15) is 6.61 Å². The quantitative estimate of drug-likeness (QED) is 0.710. The Morgan fingerprint density at radius 2 is 2.06 bits per heavy atom. The van der Waals surface area contributed by atoms with Crippen LogP contribution in [0.25, 0.3) is 0 Å². The number of rotatable bonds is 2. The van der Waals surface area contributed by atoms with Crippen LogP contribution in [0.4, 0.5) is 0 Å². The summed E-state index contributed by atoms with van der Waals surface area (Å²) in [5.41, 5.74) is 0. The molecular formula is C13H21NO2. The number of nitrogens with zero attached hydrogens (tertiary/aromatic N) is 1. The molecule has 3 bridgehead atoms. The van der Waals surface area contributed by atoms with Gasteiger partial charge in [0.25, 0.3) is 0 Å². The number of methoxy groups -OCH3 is 1. The molecule has 1 unspecified atom stereocenters. The average molecular weight is 223 g/mol. The number of likely N-dealkylation sites (tertiary alicyclic amines) is 1. The Kier molecular flexibility index (Phi) is 2.46. The van der Waals surface area contributed by atoms with Crippen LogP contribution >= 0.6 is 0 Å². The summed E-state index contributed by atoms with van der Waals surface area (Å²) in [5.74, 6) is 3.35. The molecule has 0 radical (unpaired) electrons. The van der Waals surface area contributed by atoms with Crippen LogP contribution < -0.4 is 0 Å². The van der Waals surface area contributed by atoms with Gasteiger partial charge in [-0.2, -0.15) is 0 Å². The van der Waals surface area contributed by atoms with E-state index in [1.807, 2.05) is 0 Å². The summed E-state index contributed by atoms with van der Waals surface area (Å²) in [6, 6.07) is 0.520. The van der Waals surface area contributed by atoms with Crippen LogP contribution in [0.1, 0.15) is 26.2 Å². The molecule has 3 fully saturated rings. The molecule has 16 heavy (non-hydrogen) atoms. The van der Waals surface area contributed by atoms with Gasteiger partial charge in [-0.3, -0.25) is 4.79 Å². The highest BCUT2D eigenvalue weighted by Crippen LogP contribution is 2.53. The van der Waals surface area contributed by atoms with Crippen LogP contribution in [-0.4, -0.2) is 37.1 Å². The van der Waals surface area contributed by atoms with E-state index < -0.39 is 0 Å². The Morgan fingerprint density at radius 1 is 1.31 bits per heavy atom. The summed E-state index contributed by atoms with van der Waals surface area (Å²) >= 11 is 0. The molecule has 1 saturated heterocycles. The molecule has 0 aromatic heterocycles. The molecule has 0 N–H and O–H groups in total. The summed E-state index contributed by atoms with van der Waals surface area (Å²) in [6.45, 7) is 3.59. The number of ether oxygens (including phenoxy) is 1. The van der Waals surface area contributed by atoms with E-state index in [2.05, 4.69) is 11.8 Å². The average Bonchev–Trinajstić information content (AvgIpc) is 2.41. The van der Waals surface area contributed by atoms with Crippen molar-refractivity contribution >= 4 is 5.91 Å². The topological polar surface area (TPSA) is 29.5 Å². The van der Waals surface area contributed by atoms with Crippen molar-refractivity contribution in [3.63, 3.8) is 0 Å². The standard InChI is InChI=1S/C13H21NO2/c1-8-10-3-9-4-11(5-10)13(8)14(6-9)12(15)7-16-2/h8-11,13H,3-7H2,1-2H3/t8-,9-,10+,11-,13?/m0/s1.